The van der Waals surface area contributed by atoms with Gasteiger partial charge in [-0.05, 0) is 96.7 Å². The first-order valence-electron chi connectivity index (χ1n) is 14.1. The normalized spacial score (nSPS) is 56.9. The van der Waals surface area contributed by atoms with Crippen LogP contribution in [-0.4, -0.2) is 35.2 Å². The summed E-state index contributed by atoms with van der Waals surface area (Å²) in [6.07, 6.45) is 2.32. The van der Waals surface area contributed by atoms with Gasteiger partial charge in [-0.1, -0.05) is 34.6 Å². The molecular weight excluding hydrogens is 469 g/mol. The molecule has 0 aromatic heterocycles. The zero-order valence-electron chi connectivity index (χ0n) is 22.6. The van der Waals surface area contributed by atoms with E-state index in [1.165, 1.54) is 13.3 Å². The quantitative estimate of drug-likeness (QED) is 0.400. The second kappa shape index (κ2) is 7.03. The Balaban J connectivity index is 1.33. The number of alkyl halides is 3. The number of fused-ring (bicyclic) bond motifs is 4. The Morgan fingerprint density at radius 2 is 1.58 bits per heavy atom. The maximum Gasteiger partial charge on any atom is 0.443 e. The summed E-state index contributed by atoms with van der Waals surface area (Å²) in [6.45, 7) is 12.6. The predicted octanol–water partition coefficient (Wildman–Crippen LogP) is 6.64. The first-order chi connectivity index (χ1) is 16.5. The van der Waals surface area contributed by atoms with Crippen LogP contribution in [0, 0.1) is 50.7 Å². The molecule has 1 saturated heterocycles. The van der Waals surface area contributed by atoms with Crippen LogP contribution < -0.4 is 0 Å². The largest absolute Gasteiger partial charge is 0.462 e. The van der Waals surface area contributed by atoms with E-state index in [4.69, 9.17) is 9.47 Å². The van der Waals surface area contributed by atoms with Crippen molar-refractivity contribution < 1.29 is 32.5 Å². The lowest BCUT2D eigenvalue weighted by atomic mass is 9.41. The summed E-state index contributed by atoms with van der Waals surface area (Å²) in [7, 11) is 0. The molecule has 4 nitrogen and oxygen atoms in total. The van der Waals surface area contributed by atoms with Gasteiger partial charge in [-0.25, -0.2) is 0 Å². The van der Waals surface area contributed by atoms with E-state index < -0.39 is 18.1 Å². The highest BCUT2D eigenvalue weighted by Gasteiger charge is 2.83. The molecule has 1 aliphatic heterocycles. The zero-order valence-corrected chi connectivity index (χ0v) is 22.6. The average molecular weight is 513 g/mol. The Morgan fingerprint density at radius 3 is 2.22 bits per heavy atom. The van der Waals surface area contributed by atoms with Gasteiger partial charge in [0.1, 0.15) is 6.10 Å². The second-order valence-electron chi connectivity index (χ2n) is 14.8. The summed E-state index contributed by atoms with van der Waals surface area (Å²) < 4.78 is 52.9. The van der Waals surface area contributed by atoms with Crippen LogP contribution in [0.4, 0.5) is 13.2 Å². The van der Waals surface area contributed by atoms with Gasteiger partial charge in [0.2, 0.25) is 0 Å². The Hall–Kier alpha value is -0.820. The number of rotatable bonds is 1. The fourth-order valence-electron chi connectivity index (χ4n) is 12.0. The molecule has 6 rings (SSSR count). The van der Waals surface area contributed by atoms with E-state index in [9.17, 15) is 23.1 Å². The molecule has 7 heteroatoms. The third-order valence-corrected chi connectivity index (χ3v) is 13.4. The van der Waals surface area contributed by atoms with Crippen molar-refractivity contribution in [3.8, 4) is 0 Å². The number of hydrogen-bond donors (Lipinski definition) is 1. The minimum atomic E-state index is -4.78. The molecule has 204 valence electrons. The van der Waals surface area contributed by atoms with Gasteiger partial charge in [0.15, 0.2) is 0 Å². The van der Waals surface area contributed by atoms with E-state index in [0.29, 0.717) is 18.3 Å². The van der Waals surface area contributed by atoms with Gasteiger partial charge in [-0.2, -0.15) is 13.2 Å². The van der Waals surface area contributed by atoms with Crippen molar-refractivity contribution in [1.29, 1.82) is 0 Å². The lowest BCUT2D eigenvalue weighted by Crippen LogP contribution is -2.59. The number of hydrogen-bond acceptors (Lipinski definition) is 4. The van der Waals surface area contributed by atoms with Crippen LogP contribution in [0.25, 0.3) is 0 Å². The molecule has 0 aromatic rings. The minimum Gasteiger partial charge on any atom is -0.462 e. The molecule has 6 unspecified atom stereocenters. The summed E-state index contributed by atoms with van der Waals surface area (Å²) in [5.74, 6) is -2.50. The predicted molar refractivity (Wildman–Crippen MR) is 127 cm³/mol. The van der Waals surface area contributed by atoms with Crippen molar-refractivity contribution in [3.05, 3.63) is 0 Å². The second-order valence-corrected chi connectivity index (χ2v) is 14.8. The summed E-state index contributed by atoms with van der Waals surface area (Å²) in [6, 6.07) is 0. The van der Waals surface area contributed by atoms with Crippen LogP contribution >= 0.6 is 0 Å². The number of carbonyl (C=O) groups excluding carboxylic acids is 1. The van der Waals surface area contributed by atoms with Gasteiger partial charge >= 0.3 is 12.1 Å². The van der Waals surface area contributed by atoms with E-state index in [1.807, 2.05) is 6.92 Å². The maximum absolute atomic E-state index is 13.8. The Morgan fingerprint density at radius 1 is 0.944 bits per heavy atom. The van der Waals surface area contributed by atoms with Crippen LogP contribution in [-0.2, 0) is 14.3 Å². The number of aliphatic hydroxyl groups is 1. The van der Waals surface area contributed by atoms with E-state index >= 15 is 0 Å². The summed E-state index contributed by atoms with van der Waals surface area (Å²) >= 11 is 0. The van der Waals surface area contributed by atoms with Crippen LogP contribution in [0.3, 0.4) is 0 Å². The van der Waals surface area contributed by atoms with Gasteiger partial charge in [0.05, 0.1) is 6.10 Å². The first kappa shape index (κ1) is 25.5. The zero-order chi connectivity index (χ0) is 26.3. The number of esters is 1. The molecule has 0 aromatic carbocycles. The lowest BCUT2D eigenvalue weighted by molar-refractivity contribution is -0.401. The number of halogens is 3. The highest BCUT2D eigenvalue weighted by atomic mass is 19.4. The SMILES string of the molecule is CC(=O)O[C@H]1CC[C@]23C[C@]24CC[C@]2(C)C5C(C)CC(O)(C(F)(F)F)OC5C[C@@]2(C)C4CCC3C1(C)C. The van der Waals surface area contributed by atoms with Crippen molar-refractivity contribution in [2.24, 2.45) is 50.7 Å². The molecule has 6 aliphatic rings. The molecule has 6 fully saturated rings. The average Bonchev–Trinajstić information content (AvgIpc) is 3.33. The molecular formula is C29H43F3O4. The molecule has 0 radical (unpaired) electrons. The van der Waals surface area contributed by atoms with Gasteiger partial charge in [-0.15, -0.1) is 0 Å². The molecule has 5 aliphatic carbocycles. The van der Waals surface area contributed by atoms with Crippen LogP contribution in [0.2, 0.25) is 0 Å². The van der Waals surface area contributed by atoms with Gasteiger partial charge < -0.3 is 14.6 Å². The van der Waals surface area contributed by atoms with E-state index in [1.54, 1.807) is 0 Å². The maximum atomic E-state index is 13.8. The highest BCUT2D eigenvalue weighted by molar-refractivity contribution is 5.66. The standard InChI is InChI=1S/C29H43F3O4/c1-16-13-28(34,29(30,31)32)36-18-14-25(6)20-8-7-19-23(3,4)21(35-17(2)33)9-10-26(19)15-27(20,26)12-11-24(25,5)22(16)18/h16,18-22,34H,7-15H2,1-6H3/t16?,18?,19?,20?,21-,22?,24+,25-,26+,27-,28?/m0/s1. The third kappa shape index (κ3) is 2.78. The molecule has 5 saturated carbocycles. The van der Waals surface area contributed by atoms with Crippen molar-refractivity contribution in [1.82, 2.24) is 0 Å². The van der Waals surface area contributed by atoms with E-state index in [0.717, 1.165) is 38.5 Å². The van der Waals surface area contributed by atoms with Gasteiger partial charge in [0.25, 0.3) is 5.79 Å². The summed E-state index contributed by atoms with van der Waals surface area (Å²) in [4.78, 5) is 11.8. The molecule has 0 bridgehead atoms. The minimum absolute atomic E-state index is 0.0334. The summed E-state index contributed by atoms with van der Waals surface area (Å²) in [5, 5.41) is 10.5. The summed E-state index contributed by atoms with van der Waals surface area (Å²) in [5.41, 5.74) is 0.204. The molecule has 1 heterocycles. The number of ether oxygens (including phenoxy) is 2. The van der Waals surface area contributed by atoms with Gasteiger partial charge in [-0.3, -0.25) is 4.79 Å². The molecule has 2 spiro atoms. The monoisotopic (exact) mass is 512 g/mol. The fraction of sp³-hybridized carbons (Fsp3) is 0.966. The molecule has 0 amide bonds. The number of carbonyl (C=O) groups is 1. The van der Waals surface area contributed by atoms with Crippen molar-refractivity contribution >= 4 is 5.97 Å². The van der Waals surface area contributed by atoms with Gasteiger partial charge in [0, 0.05) is 18.8 Å². The molecule has 36 heavy (non-hydrogen) atoms. The third-order valence-electron chi connectivity index (χ3n) is 13.4. The Labute approximate surface area is 213 Å². The highest BCUT2D eigenvalue weighted by Crippen LogP contribution is 2.89. The fourth-order valence-corrected chi connectivity index (χ4v) is 12.0. The smallest absolute Gasteiger partial charge is 0.443 e. The van der Waals surface area contributed by atoms with Crippen LogP contribution in [0.15, 0.2) is 0 Å². The van der Waals surface area contributed by atoms with E-state index in [-0.39, 0.29) is 57.4 Å². The Kier molecular flexibility index (Phi) is 4.97. The Bertz CT molecular complexity index is 980. The van der Waals surface area contributed by atoms with Crippen molar-refractivity contribution in [3.63, 3.8) is 0 Å². The topological polar surface area (TPSA) is 55.8 Å². The molecule has 1 N–H and O–H groups in total. The van der Waals surface area contributed by atoms with E-state index in [2.05, 4.69) is 27.7 Å². The van der Waals surface area contributed by atoms with Crippen LogP contribution in [0.1, 0.15) is 99.3 Å². The first-order valence-corrected chi connectivity index (χ1v) is 14.1. The lowest BCUT2D eigenvalue weighted by Gasteiger charge is -2.63. The van der Waals surface area contributed by atoms with Crippen LogP contribution in [0.5, 0.6) is 0 Å². The van der Waals surface area contributed by atoms with Crippen molar-refractivity contribution in [2.75, 3.05) is 0 Å². The van der Waals surface area contributed by atoms with Crippen molar-refractivity contribution in [2.45, 2.75) is 124 Å². The molecule has 11 atom stereocenters.